The van der Waals surface area contributed by atoms with Crippen LogP contribution in [0.1, 0.15) is 37.7 Å². The smallest absolute Gasteiger partial charge is 0.267 e. The first-order valence-corrected chi connectivity index (χ1v) is 9.54. The Hall–Kier alpha value is -3.26. The fourth-order valence-corrected chi connectivity index (χ4v) is 3.32. The molecule has 0 aliphatic heterocycles. The molecule has 0 saturated heterocycles. The Labute approximate surface area is 167 Å². The Morgan fingerprint density at radius 3 is 2.18 bits per heavy atom. The largest absolute Gasteiger partial charge is 0.271 e. The minimum absolute atomic E-state index is 0.365. The maximum absolute atomic E-state index is 12.2. The highest BCUT2D eigenvalue weighted by Crippen LogP contribution is 2.20. The van der Waals surface area contributed by atoms with Gasteiger partial charge < -0.3 is 0 Å². The van der Waals surface area contributed by atoms with E-state index in [2.05, 4.69) is 25.8 Å². The summed E-state index contributed by atoms with van der Waals surface area (Å²) in [7, 11) is 0. The average molecular weight is 393 g/mol. The Balaban J connectivity index is 1.53. The lowest BCUT2D eigenvalue weighted by atomic mass is 10.1. The SMILES string of the molecule is Cc1cc(C)nc(SCc2ccc(C(=O)NNC(=O)c3cccnc3)cc2)n1. The minimum Gasteiger partial charge on any atom is -0.267 e. The van der Waals surface area contributed by atoms with Crippen LogP contribution in [0.3, 0.4) is 0 Å². The number of carbonyl (C=O) groups excluding carboxylic acids is 2. The minimum atomic E-state index is -0.428. The monoisotopic (exact) mass is 393 g/mol. The molecular formula is C20H19N5O2S. The van der Waals surface area contributed by atoms with Gasteiger partial charge in [0.15, 0.2) is 5.16 Å². The van der Waals surface area contributed by atoms with Crippen LogP contribution in [0, 0.1) is 13.8 Å². The van der Waals surface area contributed by atoms with Gasteiger partial charge in [-0.1, -0.05) is 23.9 Å². The van der Waals surface area contributed by atoms with E-state index in [-0.39, 0.29) is 0 Å². The number of hydrazine groups is 1. The zero-order valence-corrected chi connectivity index (χ0v) is 16.3. The third kappa shape index (κ3) is 5.37. The fraction of sp³-hybridized carbons (Fsp3) is 0.150. The molecule has 3 aromatic rings. The molecule has 2 aromatic heterocycles. The standard InChI is InChI=1S/C20H19N5O2S/c1-13-10-14(2)23-20(22-13)28-12-15-5-7-16(8-6-15)18(26)24-25-19(27)17-4-3-9-21-11-17/h3-11H,12H2,1-2H3,(H,24,26)(H,25,27). The molecule has 0 radical (unpaired) electrons. The third-order valence-electron chi connectivity index (χ3n) is 3.76. The number of hydrogen-bond donors (Lipinski definition) is 2. The van der Waals surface area contributed by atoms with Crippen LogP contribution in [0.5, 0.6) is 0 Å². The van der Waals surface area contributed by atoms with Crippen molar-refractivity contribution >= 4 is 23.6 Å². The van der Waals surface area contributed by atoms with Crippen LogP contribution >= 0.6 is 11.8 Å². The van der Waals surface area contributed by atoms with E-state index in [0.29, 0.717) is 16.9 Å². The van der Waals surface area contributed by atoms with E-state index in [9.17, 15) is 9.59 Å². The van der Waals surface area contributed by atoms with E-state index in [4.69, 9.17) is 0 Å². The molecule has 0 aliphatic rings. The summed E-state index contributed by atoms with van der Waals surface area (Å²) >= 11 is 1.54. The van der Waals surface area contributed by atoms with Crippen molar-refractivity contribution in [3.8, 4) is 0 Å². The average Bonchev–Trinajstić information content (AvgIpc) is 2.70. The molecule has 2 amide bonds. The van der Waals surface area contributed by atoms with Gasteiger partial charge in [-0.05, 0) is 49.7 Å². The predicted molar refractivity (Wildman–Crippen MR) is 107 cm³/mol. The number of pyridine rings is 1. The second kappa shape index (κ2) is 9.09. The lowest BCUT2D eigenvalue weighted by Crippen LogP contribution is -2.41. The molecule has 1 aromatic carbocycles. The van der Waals surface area contributed by atoms with Gasteiger partial charge in [0.1, 0.15) is 0 Å². The summed E-state index contributed by atoms with van der Waals surface area (Å²) < 4.78 is 0. The molecular weight excluding hydrogens is 374 g/mol. The molecule has 2 N–H and O–H groups in total. The van der Waals surface area contributed by atoms with E-state index < -0.39 is 11.8 Å². The Morgan fingerprint density at radius 2 is 1.57 bits per heavy atom. The molecule has 0 atom stereocenters. The van der Waals surface area contributed by atoms with Gasteiger partial charge in [0.2, 0.25) is 0 Å². The van der Waals surface area contributed by atoms with Gasteiger partial charge in [-0.15, -0.1) is 0 Å². The second-order valence-corrected chi connectivity index (χ2v) is 7.01. The zero-order valence-electron chi connectivity index (χ0n) is 15.5. The highest BCUT2D eigenvalue weighted by Gasteiger charge is 2.09. The van der Waals surface area contributed by atoms with E-state index in [0.717, 1.165) is 22.1 Å². The molecule has 8 heteroatoms. The number of nitrogens with zero attached hydrogens (tertiary/aromatic N) is 3. The zero-order chi connectivity index (χ0) is 19.9. The van der Waals surface area contributed by atoms with Crippen molar-refractivity contribution in [3.63, 3.8) is 0 Å². The lowest BCUT2D eigenvalue weighted by Gasteiger charge is -2.08. The molecule has 7 nitrogen and oxygen atoms in total. The van der Waals surface area contributed by atoms with Crippen molar-refractivity contribution in [3.05, 3.63) is 82.9 Å². The highest BCUT2D eigenvalue weighted by molar-refractivity contribution is 7.98. The van der Waals surface area contributed by atoms with Gasteiger partial charge in [0.25, 0.3) is 11.8 Å². The Bertz CT molecular complexity index is 957. The number of benzene rings is 1. The molecule has 142 valence electrons. The molecule has 0 fully saturated rings. The maximum Gasteiger partial charge on any atom is 0.271 e. The van der Waals surface area contributed by atoms with E-state index in [1.165, 1.54) is 6.20 Å². The topological polar surface area (TPSA) is 96.9 Å². The molecule has 0 aliphatic carbocycles. The van der Waals surface area contributed by atoms with Gasteiger partial charge in [-0.25, -0.2) is 9.97 Å². The number of thioether (sulfide) groups is 1. The summed E-state index contributed by atoms with van der Waals surface area (Å²) in [6, 6.07) is 12.4. The maximum atomic E-state index is 12.2. The Morgan fingerprint density at radius 1 is 0.929 bits per heavy atom. The molecule has 3 rings (SSSR count). The van der Waals surface area contributed by atoms with Crippen LogP contribution in [0.2, 0.25) is 0 Å². The summed E-state index contributed by atoms with van der Waals surface area (Å²) in [5.41, 5.74) is 8.50. The van der Waals surface area contributed by atoms with Crippen LogP contribution in [-0.4, -0.2) is 26.8 Å². The highest BCUT2D eigenvalue weighted by atomic mass is 32.2. The van der Waals surface area contributed by atoms with Gasteiger partial charge in [0, 0.05) is 35.1 Å². The van der Waals surface area contributed by atoms with Crippen molar-refractivity contribution < 1.29 is 9.59 Å². The number of hydrogen-bond acceptors (Lipinski definition) is 6. The van der Waals surface area contributed by atoms with Crippen molar-refractivity contribution in [1.82, 2.24) is 25.8 Å². The van der Waals surface area contributed by atoms with Crippen molar-refractivity contribution in [2.75, 3.05) is 0 Å². The normalized spacial score (nSPS) is 10.4. The van der Waals surface area contributed by atoms with Crippen LogP contribution in [0.15, 0.2) is 60.0 Å². The number of nitrogens with one attached hydrogen (secondary N) is 2. The second-order valence-electron chi connectivity index (χ2n) is 6.07. The lowest BCUT2D eigenvalue weighted by molar-refractivity contribution is 0.0846. The molecule has 2 heterocycles. The van der Waals surface area contributed by atoms with Crippen molar-refractivity contribution in [1.29, 1.82) is 0 Å². The first-order chi connectivity index (χ1) is 13.5. The van der Waals surface area contributed by atoms with Gasteiger partial charge in [-0.2, -0.15) is 0 Å². The molecule has 28 heavy (non-hydrogen) atoms. The van der Waals surface area contributed by atoms with Crippen LogP contribution in [0.25, 0.3) is 0 Å². The number of aromatic nitrogens is 3. The summed E-state index contributed by atoms with van der Waals surface area (Å²) in [5, 5.41) is 0.734. The molecule has 0 saturated carbocycles. The number of aryl methyl sites for hydroxylation is 2. The van der Waals surface area contributed by atoms with Crippen molar-refractivity contribution in [2.24, 2.45) is 0 Å². The van der Waals surface area contributed by atoms with Crippen molar-refractivity contribution in [2.45, 2.75) is 24.8 Å². The number of rotatable bonds is 5. The third-order valence-corrected chi connectivity index (χ3v) is 4.68. The first-order valence-electron chi connectivity index (χ1n) is 8.56. The van der Waals surface area contributed by atoms with Gasteiger partial charge in [-0.3, -0.25) is 25.4 Å². The van der Waals surface area contributed by atoms with E-state index in [1.54, 1.807) is 42.2 Å². The van der Waals surface area contributed by atoms with Crippen LogP contribution < -0.4 is 10.9 Å². The van der Waals surface area contributed by atoms with E-state index >= 15 is 0 Å². The molecule has 0 bridgehead atoms. The van der Waals surface area contributed by atoms with Gasteiger partial charge >= 0.3 is 0 Å². The predicted octanol–water partition coefficient (Wildman–Crippen LogP) is 2.86. The molecule has 0 spiro atoms. The first kappa shape index (κ1) is 19.5. The quantitative estimate of drug-likeness (QED) is 0.393. The fourth-order valence-electron chi connectivity index (χ4n) is 2.41. The summed E-state index contributed by atoms with van der Waals surface area (Å²) in [6.45, 7) is 3.89. The van der Waals surface area contributed by atoms with E-state index in [1.807, 2.05) is 32.0 Å². The van der Waals surface area contributed by atoms with Crippen LogP contribution in [0.4, 0.5) is 0 Å². The summed E-state index contributed by atoms with van der Waals surface area (Å²) in [4.78, 5) is 36.8. The summed E-state index contributed by atoms with van der Waals surface area (Å²) in [5.74, 6) is -0.125. The van der Waals surface area contributed by atoms with Crippen LogP contribution in [-0.2, 0) is 5.75 Å². The molecule has 0 unspecified atom stereocenters. The Kier molecular flexibility index (Phi) is 6.33. The number of amides is 2. The summed E-state index contributed by atoms with van der Waals surface area (Å²) in [6.07, 6.45) is 2.99. The van der Waals surface area contributed by atoms with Gasteiger partial charge in [0.05, 0.1) is 5.56 Å². The number of carbonyl (C=O) groups is 2.